The molecule has 0 aromatic carbocycles. The van der Waals surface area contributed by atoms with Gasteiger partial charge in [-0.15, -0.1) is 0 Å². The molecule has 1 aromatic heterocycles. The Morgan fingerprint density at radius 2 is 2.07 bits per heavy atom. The number of carbonyl (C=O) groups is 1. The maximum atomic E-state index is 10.3. The van der Waals surface area contributed by atoms with Crippen LogP contribution in [0.25, 0.3) is 6.08 Å². The molecule has 1 aromatic rings. The number of rotatable bonds is 2. The summed E-state index contributed by atoms with van der Waals surface area (Å²) < 4.78 is 0. The van der Waals surface area contributed by atoms with Crippen molar-refractivity contribution in [2.24, 2.45) is 0 Å². The van der Waals surface area contributed by atoms with Gasteiger partial charge in [0, 0.05) is 23.4 Å². The minimum absolute atomic E-state index is 0.0229. The molecule has 3 heteroatoms. The highest BCUT2D eigenvalue weighted by molar-refractivity contribution is 5.85. The summed E-state index contributed by atoms with van der Waals surface area (Å²) in [5.74, 6) is -0.949. The Bertz CT molecular complexity index is 372. The standard InChI is InChI=1S/C12H15NO2/c1-12(2,3)10-6-4-9(8-13-10)5-7-11(14)15/h4-8H,1-3H3,(H,14,15)/b7-5+. The van der Waals surface area contributed by atoms with Crippen molar-refractivity contribution in [3.05, 3.63) is 35.7 Å². The van der Waals surface area contributed by atoms with E-state index < -0.39 is 5.97 Å². The van der Waals surface area contributed by atoms with Crippen molar-refractivity contribution in [3.8, 4) is 0 Å². The van der Waals surface area contributed by atoms with Crippen LogP contribution in [0.15, 0.2) is 24.4 Å². The third-order valence-electron chi connectivity index (χ3n) is 1.97. The molecule has 80 valence electrons. The van der Waals surface area contributed by atoms with Crippen LogP contribution in [0.3, 0.4) is 0 Å². The second-order valence-electron chi connectivity index (χ2n) is 4.40. The molecule has 1 rings (SSSR count). The quantitative estimate of drug-likeness (QED) is 0.754. The molecule has 0 saturated heterocycles. The first-order chi connectivity index (χ1) is 6.89. The zero-order valence-corrected chi connectivity index (χ0v) is 9.19. The van der Waals surface area contributed by atoms with Gasteiger partial charge in [0.05, 0.1) is 0 Å². The van der Waals surface area contributed by atoms with Crippen molar-refractivity contribution in [1.82, 2.24) is 4.98 Å². The van der Waals surface area contributed by atoms with Crippen LogP contribution in [0.4, 0.5) is 0 Å². The predicted octanol–water partition coefficient (Wildman–Crippen LogP) is 2.48. The fraction of sp³-hybridized carbons (Fsp3) is 0.333. The Labute approximate surface area is 89.5 Å². The van der Waals surface area contributed by atoms with E-state index >= 15 is 0 Å². The van der Waals surface area contributed by atoms with Crippen LogP contribution in [0, 0.1) is 0 Å². The molecule has 0 fully saturated rings. The summed E-state index contributed by atoms with van der Waals surface area (Å²) in [5.41, 5.74) is 1.81. The highest BCUT2D eigenvalue weighted by atomic mass is 16.4. The molecule has 0 aliphatic carbocycles. The minimum Gasteiger partial charge on any atom is -0.478 e. The average Bonchev–Trinajstić information content (AvgIpc) is 2.14. The number of aliphatic carboxylic acids is 1. The molecule has 1 N–H and O–H groups in total. The lowest BCUT2D eigenvalue weighted by atomic mass is 9.91. The Kier molecular flexibility index (Phi) is 3.24. The van der Waals surface area contributed by atoms with Crippen LogP contribution in [-0.2, 0) is 10.2 Å². The van der Waals surface area contributed by atoms with Gasteiger partial charge in [-0.1, -0.05) is 26.8 Å². The molecule has 0 aliphatic rings. The second kappa shape index (κ2) is 4.26. The predicted molar refractivity (Wildman–Crippen MR) is 59.6 cm³/mol. The van der Waals surface area contributed by atoms with Gasteiger partial charge in [0.2, 0.25) is 0 Å². The molecule has 15 heavy (non-hydrogen) atoms. The number of carboxylic acids is 1. The molecular formula is C12H15NO2. The summed E-state index contributed by atoms with van der Waals surface area (Å²) in [7, 11) is 0. The van der Waals surface area contributed by atoms with E-state index in [1.54, 1.807) is 6.20 Å². The van der Waals surface area contributed by atoms with Gasteiger partial charge in [-0.3, -0.25) is 4.98 Å². The van der Waals surface area contributed by atoms with Crippen LogP contribution < -0.4 is 0 Å². The third-order valence-corrected chi connectivity index (χ3v) is 1.97. The normalized spacial score (nSPS) is 11.9. The molecule has 0 saturated carbocycles. The lowest BCUT2D eigenvalue weighted by Crippen LogP contribution is -2.12. The van der Waals surface area contributed by atoms with E-state index in [1.807, 2.05) is 12.1 Å². The van der Waals surface area contributed by atoms with Crippen molar-refractivity contribution in [3.63, 3.8) is 0 Å². The number of hydrogen-bond donors (Lipinski definition) is 1. The van der Waals surface area contributed by atoms with Crippen molar-refractivity contribution < 1.29 is 9.90 Å². The molecule has 0 unspecified atom stereocenters. The topological polar surface area (TPSA) is 50.2 Å². The van der Waals surface area contributed by atoms with E-state index in [2.05, 4.69) is 25.8 Å². The van der Waals surface area contributed by atoms with Crippen molar-refractivity contribution in [1.29, 1.82) is 0 Å². The van der Waals surface area contributed by atoms with Crippen LogP contribution in [0.2, 0.25) is 0 Å². The summed E-state index contributed by atoms with van der Waals surface area (Å²) in [6.07, 6.45) is 4.32. The second-order valence-corrected chi connectivity index (χ2v) is 4.40. The van der Waals surface area contributed by atoms with E-state index in [1.165, 1.54) is 6.08 Å². The van der Waals surface area contributed by atoms with Gasteiger partial charge >= 0.3 is 5.97 Å². The van der Waals surface area contributed by atoms with Gasteiger partial charge < -0.3 is 5.11 Å². The number of nitrogens with zero attached hydrogens (tertiary/aromatic N) is 1. The Morgan fingerprint density at radius 3 is 2.47 bits per heavy atom. The highest BCUT2D eigenvalue weighted by Gasteiger charge is 2.14. The van der Waals surface area contributed by atoms with Gasteiger partial charge in [0.1, 0.15) is 0 Å². The lowest BCUT2D eigenvalue weighted by Gasteiger charge is -2.17. The van der Waals surface area contributed by atoms with Crippen LogP contribution in [0.5, 0.6) is 0 Å². The molecule has 0 aliphatic heterocycles. The molecule has 3 nitrogen and oxygen atoms in total. The smallest absolute Gasteiger partial charge is 0.328 e. The Hall–Kier alpha value is -1.64. The molecule has 0 radical (unpaired) electrons. The first-order valence-electron chi connectivity index (χ1n) is 4.77. The maximum absolute atomic E-state index is 10.3. The minimum atomic E-state index is -0.949. The van der Waals surface area contributed by atoms with E-state index in [4.69, 9.17) is 5.11 Å². The molecule has 0 amide bonds. The van der Waals surface area contributed by atoms with Gasteiger partial charge in [-0.25, -0.2) is 4.79 Å². The third kappa shape index (κ3) is 3.54. The SMILES string of the molecule is CC(C)(C)c1ccc(/C=C/C(=O)O)cn1. The first kappa shape index (κ1) is 11.4. The largest absolute Gasteiger partial charge is 0.478 e. The van der Waals surface area contributed by atoms with E-state index in [9.17, 15) is 4.79 Å². The number of aromatic nitrogens is 1. The van der Waals surface area contributed by atoms with Crippen LogP contribution >= 0.6 is 0 Å². The van der Waals surface area contributed by atoms with Crippen molar-refractivity contribution in [2.75, 3.05) is 0 Å². The molecular weight excluding hydrogens is 190 g/mol. The summed E-state index contributed by atoms with van der Waals surface area (Å²) in [5, 5.41) is 8.45. The van der Waals surface area contributed by atoms with E-state index in [-0.39, 0.29) is 5.41 Å². The van der Waals surface area contributed by atoms with Gasteiger partial charge in [-0.2, -0.15) is 0 Å². The lowest BCUT2D eigenvalue weighted by molar-refractivity contribution is -0.131. The van der Waals surface area contributed by atoms with E-state index in [0.29, 0.717) is 0 Å². The number of hydrogen-bond acceptors (Lipinski definition) is 2. The fourth-order valence-corrected chi connectivity index (χ4v) is 1.12. The first-order valence-corrected chi connectivity index (χ1v) is 4.77. The molecule has 0 bridgehead atoms. The van der Waals surface area contributed by atoms with Crippen molar-refractivity contribution in [2.45, 2.75) is 26.2 Å². The molecule has 0 atom stereocenters. The molecule has 0 spiro atoms. The summed E-state index contributed by atoms with van der Waals surface area (Å²) >= 11 is 0. The average molecular weight is 205 g/mol. The van der Waals surface area contributed by atoms with Gasteiger partial charge in [0.15, 0.2) is 0 Å². The summed E-state index contributed by atoms with van der Waals surface area (Å²) in [6.45, 7) is 6.26. The number of pyridine rings is 1. The number of carboxylic acid groups (broad SMARTS) is 1. The Balaban J connectivity index is 2.86. The van der Waals surface area contributed by atoms with Gasteiger partial charge in [-0.05, 0) is 17.7 Å². The summed E-state index contributed by atoms with van der Waals surface area (Å²) in [4.78, 5) is 14.6. The highest BCUT2D eigenvalue weighted by Crippen LogP contribution is 2.19. The van der Waals surface area contributed by atoms with Crippen molar-refractivity contribution >= 4 is 12.0 Å². The Morgan fingerprint density at radius 1 is 1.40 bits per heavy atom. The van der Waals surface area contributed by atoms with Gasteiger partial charge in [0.25, 0.3) is 0 Å². The van der Waals surface area contributed by atoms with Crippen LogP contribution in [0.1, 0.15) is 32.0 Å². The van der Waals surface area contributed by atoms with E-state index in [0.717, 1.165) is 17.3 Å². The monoisotopic (exact) mass is 205 g/mol. The fourth-order valence-electron chi connectivity index (χ4n) is 1.12. The zero-order chi connectivity index (χ0) is 11.5. The zero-order valence-electron chi connectivity index (χ0n) is 9.19. The van der Waals surface area contributed by atoms with Crippen LogP contribution in [-0.4, -0.2) is 16.1 Å². The maximum Gasteiger partial charge on any atom is 0.328 e. The molecule has 1 heterocycles. The summed E-state index contributed by atoms with van der Waals surface area (Å²) in [6, 6.07) is 3.79.